The fraction of sp³-hybridized carbons (Fsp3) is 0.368. The molecule has 0 unspecified atom stereocenters. The highest BCUT2D eigenvalue weighted by Crippen LogP contribution is 2.31. The molecule has 1 heterocycles. The van der Waals surface area contributed by atoms with Crippen LogP contribution >= 0.6 is 11.6 Å². The Kier molecular flexibility index (Phi) is 5.96. The molecule has 1 aliphatic rings. The smallest absolute Gasteiger partial charge is 0.223 e. The molecular formula is C19H23ClN4O3. The van der Waals surface area contributed by atoms with Gasteiger partial charge in [0.05, 0.1) is 17.7 Å². The topological polar surface area (TPSA) is 125 Å². The van der Waals surface area contributed by atoms with Gasteiger partial charge in [0.15, 0.2) is 0 Å². The van der Waals surface area contributed by atoms with Crippen molar-refractivity contribution in [3.63, 3.8) is 0 Å². The van der Waals surface area contributed by atoms with Crippen molar-refractivity contribution in [3.05, 3.63) is 46.1 Å². The summed E-state index contributed by atoms with van der Waals surface area (Å²) in [5.74, 6) is -0.0360. The molecular weight excluding hydrogens is 368 g/mol. The lowest BCUT2D eigenvalue weighted by atomic mass is 10.1. The second-order valence-electron chi connectivity index (χ2n) is 6.79. The van der Waals surface area contributed by atoms with Gasteiger partial charge < -0.3 is 26.4 Å². The molecule has 0 aliphatic heterocycles. The second kappa shape index (κ2) is 8.22. The van der Waals surface area contributed by atoms with Crippen LogP contribution in [0.2, 0.25) is 5.15 Å². The van der Waals surface area contributed by atoms with Gasteiger partial charge in [-0.25, -0.2) is 4.98 Å². The van der Waals surface area contributed by atoms with Gasteiger partial charge in [-0.2, -0.15) is 4.98 Å². The first-order chi connectivity index (χ1) is 12.9. The molecule has 4 atom stereocenters. The third kappa shape index (κ3) is 4.39. The van der Waals surface area contributed by atoms with Crippen LogP contribution < -0.4 is 11.1 Å². The van der Waals surface area contributed by atoms with Crippen LogP contribution in [0.4, 0.5) is 11.8 Å². The largest absolute Gasteiger partial charge is 0.396 e. The standard InChI is InChI=1S/C19H23ClN4O3/c1-10-2-4-11(5-3-10)6-7-13-17(20)23-19(21)24-18(13)22-14-8-12(9-25)15(26)16(14)27/h2-7,12,14-16,25-27H,8-9H2,1H3,(H3,21,22,23,24)/t12-,14-,15-,16+/m1/s1. The van der Waals surface area contributed by atoms with E-state index in [1.54, 1.807) is 6.08 Å². The number of nitrogens with two attached hydrogens (primary N) is 1. The Morgan fingerprint density at radius 2 is 1.89 bits per heavy atom. The van der Waals surface area contributed by atoms with Crippen LogP contribution in [0.25, 0.3) is 12.2 Å². The van der Waals surface area contributed by atoms with Crippen molar-refractivity contribution in [1.82, 2.24) is 9.97 Å². The molecule has 0 radical (unpaired) electrons. The number of rotatable bonds is 5. The van der Waals surface area contributed by atoms with E-state index in [0.717, 1.165) is 11.1 Å². The van der Waals surface area contributed by atoms with E-state index in [9.17, 15) is 15.3 Å². The summed E-state index contributed by atoms with van der Waals surface area (Å²) < 4.78 is 0. The van der Waals surface area contributed by atoms with Crippen molar-refractivity contribution < 1.29 is 15.3 Å². The van der Waals surface area contributed by atoms with Gasteiger partial charge in [0.2, 0.25) is 5.95 Å². The molecule has 0 saturated heterocycles. The average molecular weight is 391 g/mol. The molecule has 7 nitrogen and oxygen atoms in total. The molecule has 144 valence electrons. The first kappa shape index (κ1) is 19.6. The SMILES string of the molecule is Cc1ccc(C=Cc2c(Cl)nc(N)nc2N[C@@H]2C[C@H](CO)[C@@H](O)[C@H]2O)cc1. The van der Waals surface area contributed by atoms with Crippen LogP contribution in [0, 0.1) is 12.8 Å². The first-order valence-electron chi connectivity index (χ1n) is 8.70. The summed E-state index contributed by atoms with van der Waals surface area (Å²) >= 11 is 6.26. The molecule has 8 heteroatoms. The van der Waals surface area contributed by atoms with Crippen molar-refractivity contribution in [2.75, 3.05) is 17.7 Å². The molecule has 1 aromatic carbocycles. The Labute approximate surface area is 162 Å². The molecule has 1 aliphatic carbocycles. The summed E-state index contributed by atoms with van der Waals surface area (Å²) in [6.07, 6.45) is 2.00. The average Bonchev–Trinajstić information content (AvgIpc) is 2.90. The van der Waals surface area contributed by atoms with Crippen molar-refractivity contribution in [2.45, 2.75) is 31.6 Å². The number of aliphatic hydroxyl groups is 3. The van der Waals surface area contributed by atoms with Crippen molar-refractivity contribution in [1.29, 1.82) is 0 Å². The normalized spacial score (nSPS) is 25.2. The van der Waals surface area contributed by atoms with Crippen molar-refractivity contribution in [2.24, 2.45) is 5.92 Å². The fourth-order valence-corrected chi connectivity index (χ4v) is 3.44. The number of nitrogens with zero attached hydrogens (tertiary/aromatic N) is 2. The number of nitrogens with one attached hydrogen (secondary N) is 1. The highest BCUT2D eigenvalue weighted by atomic mass is 35.5. The predicted octanol–water partition coefficient (Wildman–Crippen LogP) is 1.71. The number of hydrogen-bond donors (Lipinski definition) is 5. The minimum absolute atomic E-state index is 0.00160. The third-order valence-electron chi connectivity index (χ3n) is 4.79. The van der Waals surface area contributed by atoms with Crippen LogP contribution in [0.1, 0.15) is 23.1 Å². The molecule has 0 bridgehead atoms. The summed E-state index contributed by atoms with van der Waals surface area (Å²) in [5.41, 5.74) is 8.39. The summed E-state index contributed by atoms with van der Waals surface area (Å²) in [7, 11) is 0. The summed E-state index contributed by atoms with van der Waals surface area (Å²) in [6, 6.07) is 7.48. The van der Waals surface area contributed by atoms with E-state index >= 15 is 0 Å². The van der Waals surface area contributed by atoms with E-state index < -0.39 is 24.2 Å². The van der Waals surface area contributed by atoms with Gasteiger partial charge in [0.1, 0.15) is 17.1 Å². The molecule has 27 heavy (non-hydrogen) atoms. The quantitative estimate of drug-likeness (QED) is 0.492. The zero-order valence-corrected chi connectivity index (χ0v) is 15.6. The number of benzene rings is 1. The van der Waals surface area contributed by atoms with Gasteiger partial charge in [-0.15, -0.1) is 0 Å². The van der Waals surface area contributed by atoms with Gasteiger partial charge in [-0.3, -0.25) is 0 Å². The maximum absolute atomic E-state index is 10.2. The van der Waals surface area contributed by atoms with Gasteiger partial charge >= 0.3 is 0 Å². The first-order valence-corrected chi connectivity index (χ1v) is 9.08. The van der Waals surface area contributed by atoms with Gasteiger partial charge in [0.25, 0.3) is 0 Å². The molecule has 0 amide bonds. The van der Waals surface area contributed by atoms with Crippen LogP contribution in [0.5, 0.6) is 0 Å². The Hall–Kier alpha value is -2.19. The monoisotopic (exact) mass is 390 g/mol. The Balaban J connectivity index is 1.88. The van der Waals surface area contributed by atoms with E-state index in [1.807, 2.05) is 37.3 Å². The molecule has 1 aromatic heterocycles. The van der Waals surface area contributed by atoms with Gasteiger partial charge in [0, 0.05) is 12.5 Å². The number of anilines is 2. The molecule has 0 spiro atoms. The van der Waals surface area contributed by atoms with Crippen molar-refractivity contribution in [3.8, 4) is 0 Å². The number of halogens is 1. The fourth-order valence-electron chi connectivity index (χ4n) is 3.20. The highest BCUT2D eigenvalue weighted by Gasteiger charge is 2.41. The Morgan fingerprint density at radius 1 is 1.19 bits per heavy atom. The summed E-state index contributed by atoms with van der Waals surface area (Å²) in [4.78, 5) is 8.19. The maximum Gasteiger partial charge on any atom is 0.223 e. The highest BCUT2D eigenvalue weighted by molar-refractivity contribution is 6.31. The van der Waals surface area contributed by atoms with Gasteiger partial charge in [-0.05, 0) is 25.0 Å². The van der Waals surface area contributed by atoms with Crippen LogP contribution in [-0.2, 0) is 0 Å². The molecule has 2 aromatic rings. The van der Waals surface area contributed by atoms with Gasteiger partial charge in [-0.1, -0.05) is 47.5 Å². The number of aliphatic hydroxyl groups excluding tert-OH is 3. The Morgan fingerprint density at radius 3 is 2.52 bits per heavy atom. The van der Waals surface area contributed by atoms with Crippen LogP contribution in [0.3, 0.4) is 0 Å². The second-order valence-corrected chi connectivity index (χ2v) is 7.15. The third-order valence-corrected chi connectivity index (χ3v) is 5.08. The lowest BCUT2D eigenvalue weighted by Crippen LogP contribution is -2.35. The molecule has 6 N–H and O–H groups in total. The zero-order valence-electron chi connectivity index (χ0n) is 14.9. The van der Waals surface area contributed by atoms with E-state index in [4.69, 9.17) is 17.3 Å². The lowest BCUT2D eigenvalue weighted by Gasteiger charge is -2.20. The van der Waals surface area contributed by atoms with E-state index in [0.29, 0.717) is 17.8 Å². The minimum atomic E-state index is -1.04. The number of hydrogen-bond acceptors (Lipinski definition) is 7. The van der Waals surface area contributed by atoms with Crippen LogP contribution in [0.15, 0.2) is 24.3 Å². The van der Waals surface area contributed by atoms with E-state index in [2.05, 4.69) is 15.3 Å². The number of nitrogen functional groups attached to an aromatic ring is 1. The maximum atomic E-state index is 10.2. The molecule has 1 saturated carbocycles. The lowest BCUT2D eigenvalue weighted by molar-refractivity contribution is 0.00445. The summed E-state index contributed by atoms with van der Waals surface area (Å²) in [6.45, 7) is 1.81. The summed E-state index contributed by atoms with van der Waals surface area (Å²) in [5, 5.41) is 32.9. The van der Waals surface area contributed by atoms with Crippen LogP contribution in [-0.4, -0.2) is 50.1 Å². The predicted molar refractivity (Wildman–Crippen MR) is 106 cm³/mol. The van der Waals surface area contributed by atoms with E-state index in [1.165, 1.54) is 0 Å². The van der Waals surface area contributed by atoms with Crippen molar-refractivity contribution >= 4 is 35.5 Å². The molecule has 3 rings (SSSR count). The number of aryl methyl sites for hydroxylation is 1. The minimum Gasteiger partial charge on any atom is -0.396 e. The zero-order chi connectivity index (χ0) is 19.6. The van der Waals surface area contributed by atoms with E-state index in [-0.39, 0.29) is 17.7 Å². The number of aromatic nitrogens is 2. The Bertz CT molecular complexity index is 828. The molecule has 1 fully saturated rings.